The third-order valence-electron chi connectivity index (χ3n) is 4.64. The molecule has 126 valence electrons. The third kappa shape index (κ3) is 7.09. The number of hydrogen-bond donors (Lipinski definition) is 1. The van der Waals surface area contributed by atoms with E-state index in [1.807, 2.05) is 0 Å². The van der Waals surface area contributed by atoms with Crippen molar-refractivity contribution in [1.82, 2.24) is 10.2 Å². The van der Waals surface area contributed by atoms with Gasteiger partial charge in [-0.05, 0) is 18.8 Å². The van der Waals surface area contributed by atoms with E-state index in [2.05, 4.69) is 31.0 Å². The highest BCUT2D eigenvalue weighted by atomic mass is 16.5. The lowest BCUT2D eigenvalue weighted by atomic mass is 9.93. The minimum absolute atomic E-state index is 0.671. The third-order valence-corrected chi connectivity index (χ3v) is 4.64. The van der Waals surface area contributed by atoms with Gasteiger partial charge in [-0.2, -0.15) is 0 Å². The molecule has 0 radical (unpaired) electrons. The first-order valence-electron chi connectivity index (χ1n) is 8.77. The van der Waals surface area contributed by atoms with Gasteiger partial charge in [-0.1, -0.05) is 33.6 Å². The van der Waals surface area contributed by atoms with Gasteiger partial charge in [0.2, 0.25) is 0 Å². The minimum Gasteiger partial charge on any atom is -0.382 e. The first-order valence-corrected chi connectivity index (χ1v) is 8.77. The van der Waals surface area contributed by atoms with Gasteiger partial charge >= 0.3 is 0 Å². The molecule has 0 aromatic carbocycles. The van der Waals surface area contributed by atoms with Crippen molar-refractivity contribution in [3.63, 3.8) is 0 Å². The standard InChI is InChI=1S/C17H36N2O2/c1-5-8-16-14-19(9-7-10-21-12-11-20-4)17(13-18-16)15(3)6-2/h15-18H,5-14H2,1-4H3. The Morgan fingerprint density at radius 2 is 2.05 bits per heavy atom. The number of nitrogens with zero attached hydrogens (tertiary/aromatic N) is 1. The van der Waals surface area contributed by atoms with E-state index in [-0.39, 0.29) is 0 Å². The molecule has 1 aliphatic rings. The molecule has 3 atom stereocenters. The number of piperazine rings is 1. The summed E-state index contributed by atoms with van der Waals surface area (Å²) in [4.78, 5) is 2.70. The van der Waals surface area contributed by atoms with Crippen molar-refractivity contribution in [2.75, 3.05) is 46.6 Å². The first kappa shape index (κ1) is 18.9. The SMILES string of the molecule is CCCC1CN(CCCOCCOC)C(C(C)CC)CN1. The van der Waals surface area contributed by atoms with Crippen LogP contribution in [0.3, 0.4) is 0 Å². The predicted octanol–water partition coefficient (Wildman–Crippen LogP) is 2.53. The Labute approximate surface area is 131 Å². The Bertz CT molecular complexity index is 251. The van der Waals surface area contributed by atoms with Crippen LogP contribution >= 0.6 is 0 Å². The van der Waals surface area contributed by atoms with Gasteiger partial charge in [0, 0.05) is 45.4 Å². The van der Waals surface area contributed by atoms with Gasteiger partial charge in [0.25, 0.3) is 0 Å². The molecule has 21 heavy (non-hydrogen) atoms. The van der Waals surface area contributed by atoms with Crippen molar-refractivity contribution in [2.24, 2.45) is 5.92 Å². The quantitative estimate of drug-likeness (QED) is 0.595. The van der Waals surface area contributed by atoms with Crippen LogP contribution in [-0.4, -0.2) is 63.5 Å². The summed E-state index contributed by atoms with van der Waals surface area (Å²) >= 11 is 0. The molecular formula is C17H36N2O2. The maximum absolute atomic E-state index is 5.59. The Kier molecular flexibility index (Phi) is 10.3. The van der Waals surface area contributed by atoms with Crippen LogP contribution in [0.25, 0.3) is 0 Å². The van der Waals surface area contributed by atoms with Crippen molar-refractivity contribution in [1.29, 1.82) is 0 Å². The van der Waals surface area contributed by atoms with Gasteiger partial charge in [-0.25, -0.2) is 0 Å². The van der Waals surface area contributed by atoms with Crippen molar-refractivity contribution in [3.05, 3.63) is 0 Å². The lowest BCUT2D eigenvalue weighted by molar-refractivity contribution is 0.0496. The molecule has 1 saturated heterocycles. The summed E-state index contributed by atoms with van der Waals surface area (Å²) in [7, 11) is 1.72. The van der Waals surface area contributed by atoms with Crippen molar-refractivity contribution in [2.45, 2.75) is 58.5 Å². The lowest BCUT2D eigenvalue weighted by Crippen LogP contribution is -2.58. The number of methoxy groups -OCH3 is 1. The molecule has 1 N–H and O–H groups in total. The molecule has 4 heteroatoms. The van der Waals surface area contributed by atoms with Crippen molar-refractivity contribution in [3.8, 4) is 0 Å². The fourth-order valence-corrected chi connectivity index (χ4v) is 3.15. The van der Waals surface area contributed by atoms with Gasteiger partial charge in [0.1, 0.15) is 0 Å². The highest BCUT2D eigenvalue weighted by Gasteiger charge is 2.29. The van der Waals surface area contributed by atoms with Gasteiger partial charge in [0.15, 0.2) is 0 Å². The van der Waals surface area contributed by atoms with Crippen LogP contribution < -0.4 is 5.32 Å². The monoisotopic (exact) mass is 300 g/mol. The first-order chi connectivity index (χ1) is 10.2. The van der Waals surface area contributed by atoms with Gasteiger partial charge < -0.3 is 14.8 Å². The summed E-state index contributed by atoms with van der Waals surface area (Å²) in [5.41, 5.74) is 0. The average molecular weight is 300 g/mol. The fraction of sp³-hybridized carbons (Fsp3) is 1.00. The number of hydrogen-bond acceptors (Lipinski definition) is 4. The molecule has 3 unspecified atom stereocenters. The van der Waals surface area contributed by atoms with E-state index in [1.165, 1.54) is 25.8 Å². The van der Waals surface area contributed by atoms with Crippen LogP contribution in [0.5, 0.6) is 0 Å². The highest BCUT2D eigenvalue weighted by molar-refractivity contribution is 4.88. The van der Waals surface area contributed by atoms with Gasteiger partial charge in [-0.3, -0.25) is 4.90 Å². The average Bonchev–Trinajstić information content (AvgIpc) is 2.50. The second-order valence-electron chi connectivity index (χ2n) is 6.30. The van der Waals surface area contributed by atoms with Gasteiger partial charge in [0.05, 0.1) is 13.2 Å². The van der Waals surface area contributed by atoms with Crippen LogP contribution in [-0.2, 0) is 9.47 Å². The molecule has 1 fully saturated rings. The molecule has 1 heterocycles. The Morgan fingerprint density at radius 1 is 1.24 bits per heavy atom. The molecule has 0 spiro atoms. The summed E-state index contributed by atoms with van der Waals surface area (Å²) in [6.45, 7) is 12.7. The number of nitrogens with one attached hydrogen (secondary N) is 1. The van der Waals surface area contributed by atoms with E-state index < -0.39 is 0 Å². The molecule has 0 aromatic heterocycles. The summed E-state index contributed by atoms with van der Waals surface area (Å²) in [6, 6.07) is 1.35. The zero-order valence-corrected chi connectivity index (χ0v) is 14.6. The van der Waals surface area contributed by atoms with Crippen molar-refractivity contribution < 1.29 is 9.47 Å². The van der Waals surface area contributed by atoms with Crippen LogP contribution in [0.2, 0.25) is 0 Å². The second kappa shape index (κ2) is 11.4. The molecule has 0 bridgehead atoms. The van der Waals surface area contributed by atoms with E-state index in [4.69, 9.17) is 9.47 Å². The van der Waals surface area contributed by atoms with Gasteiger partial charge in [-0.15, -0.1) is 0 Å². The molecule has 1 rings (SSSR count). The van der Waals surface area contributed by atoms with Crippen molar-refractivity contribution >= 4 is 0 Å². The molecule has 4 nitrogen and oxygen atoms in total. The Morgan fingerprint density at radius 3 is 2.71 bits per heavy atom. The van der Waals surface area contributed by atoms with E-state index in [9.17, 15) is 0 Å². The highest BCUT2D eigenvalue weighted by Crippen LogP contribution is 2.19. The Hall–Kier alpha value is -0.160. The van der Waals surface area contributed by atoms with Crippen LogP contribution in [0.4, 0.5) is 0 Å². The molecule has 0 aromatic rings. The number of ether oxygens (including phenoxy) is 2. The predicted molar refractivity (Wildman–Crippen MR) is 88.8 cm³/mol. The molecular weight excluding hydrogens is 264 g/mol. The van der Waals surface area contributed by atoms with Crippen LogP contribution in [0, 0.1) is 5.92 Å². The van der Waals surface area contributed by atoms with E-state index in [0.717, 1.165) is 32.0 Å². The van der Waals surface area contributed by atoms with Crippen LogP contribution in [0.15, 0.2) is 0 Å². The van der Waals surface area contributed by atoms with E-state index in [1.54, 1.807) is 7.11 Å². The maximum Gasteiger partial charge on any atom is 0.0700 e. The van der Waals surface area contributed by atoms with E-state index in [0.29, 0.717) is 25.3 Å². The fourth-order valence-electron chi connectivity index (χ4n) is 3.15. The number of rotatable bonds is 11. The lowest BCUT2D eigenvalue weighted by Gasteiger charge is -2.43. The maximum atomic E-state index is 5.59. The second-order valence-corrected chi connectivity index (χ2v) is 6.30. The summed E-state index contributed by atoms with van der Waals surface area (Å²) in [5, 5.41) is 3.74. The minimum atomic E-state index is 0.671. The Balaban J connectivity index is 2.35. The van der Waals surface area contributed by atoms with Crippen LogP contribution in [0.1, 0.15) is 46.5 Å². The zero-order chi connectivity index (χ0) is 15.5. The smallest absolute Gasteiger partial charge is 0.0700 e. The zero-order valence-electron chi connectivity index (χ0n) is 14.6. The topological polar surface area (TPSA) is 33.7 Å². The summed E-state index contributed by atoms with van der Waals surface area (Å²) < 4.78 is 10.6. The van der Waals surface area contributed by atoms with E-state index >= 15 is 0 Å². The molecule has 0 amide bonds. The molecule has 1 aliphatic heterocycles. The summed E-state index contributed by atoms with van der Waals surface area (Å²) in [5.74, 6) is 0.759. The summed E-state index contributed by atoms with van der Waals surface area (Å²) in [6.07, 6.45) is 4.93. The molecule has 0 aliphatic carbocycles. The largest absolute Gasteiger partial charge is 0.382 e. The normalized spacial score (nSPS) is 25.1. The molecule has 0 saturated carbocycles.